The molecule has 2 aromatic heterocycles. The van der Waals surface area contributed by atoms with E-state index in [1.165, 1.54) is 6.08 Å². The number of allylic oxidation sites excluding steroid dienone is 1. The molecular weight excluding hydrogens is 538 g/mol. The van der Waals surface area contributed by atoms with Crippen molar-refractivity contribution in [3.05, 3.63) is 60.2 Å². The first-order valence-electron chi connectivity index (χ1n) is 13.6. The molecule has 1 amide bonds. The number of carbonyl (C=O) groups is 1. The summed E-state index contributed by atoms with van der Waals surface area (Å²) < 4.78 is 58.0. The van der Waals surface area contributed by atoms with E-state index >= 15 is 4.39 Å². The van der Waals surface area contributed by atoms with Gasteiger partial charge in [0, 0.05) is 29.0 Å². The molecule has 0 spiro atoms. The summed E-state index contributed by atoms with van der Waals surface area (Å²) in [6, 6.07) is 6.54. The number of nitrogens with zero attached hydrogens (tertiary/aromatic N) is 5. The number of halogens is 4. The van der Waals surface area contributed by atoms with Gasteiger partial charge in [-0.15, -0.1) is 5.10 Å². The van der Waals surface area contributed by atoms with Crippen LogP contribution in [0.25, 0.3) is 22.4 Å². The Morgan fingerprint density at radius 2 is 1.98 bits per heavy atom. The largest absolute Gasteiger partial charge is 0.417 e. The zero-order valence-corrected chi connectivity index (χ0v) is 23.0. The number of hydrogen-bond donors (Lipinski definition) is 2. The lowest BCUT2D eigenvalue weighted by molar-refractivity contribution is -0.0688. The van der Waals surface area contributed by atoms with Gasteiger partial charge in [-0.3, -0.25) is 4.79 Å². The van der Waals surface area contributed by atoms with Gasteiger partial charge in [0.05, 0.1) is 35.2 Å². The Kier molecular flexibility index (Phi) is 8.12. The van der Waals surface area contributed by atoms with Crippen LogP contribution < -0.4 is 10.6 Å². The summed E-state index contributed by atoms with van der Waals surface area (Å²) in [5.74, 6) is -0.407. The summed E-state index contributed by atoms with van der Waals surface area (Å²) in [5, 5.41) is 14.5. The molecule has 0 saturated heterocycles. The molecule has 8 nitrogen and oxygen atoms in total. The van der Waals surface area contributed by atoms with Crippen LogP contribution in [-0.4, -0.2) is 75.9 Å². The van der Waals surface area contributed by atoms with Gasteiger partial charge in [0.1, 0.15) is 6.17 Å². The van der Waals surface area contributed by atoms with E-state index in [2.05, 4.69) is 32.5 Å². The summed E-state index contributed by atoms with van der Waals surface area (Å²) in [7, 11) is 3.86. The van der Waals surface area contributed by atoms with Gasteiger partial charge in [-0.25, -0.2) is 14.1 Å². The minimum Gasteiger partial charge on any atom is -0.379 e. The minimum atomic E-state index is -4.69. The van der Waals surface area contributed by atoms with Crippen molar-refractivity contribution in [2.75, 3.05) is 26.0 Å². The fourth-order valence-electron chi connectivity index (χ4n) is 5.12. The number of rotatable bonds is 9. The number of alkyl halides is 4. The molecule has 2 saturated carbocycles. The van der Waals surface area contributed by atoms with Crippen LogP contribution in [0.2, 0.25) is 0 Å². The summed E-state index contributed by atoms with van der Waals surface area (Å²) >= 11 is 0. The lowest BCUT2D eigenvalue weighted by Crippen LogP contribution is -2.43. The molecule has 0 unspecified atom stereocenters. The van der Waals surface area contributed by atoms with Crippen molar-refractivity contribution in [2.24, 2.45) is 0 Å². The smallest absolute Gasteiger partial charge is 0.379 e. The van der Waals surface area contributed by atoms with Crippen molar-refractivity contribution >= 4 is 34.0 Å². The maximum atomic E-state index is 15.1. The van der Waals surface area contributed by atoms with Gasteiger partial charge in [-0.2, -0.15) is 13.2 Å². The van der Waals surface area contributed by atoms with Crippen LogP contribution in [0.1, 0.15) is 60.0 Å². The Morgan fingerprint density at radius 3 is 2.66 bits per heavy atom. The standard InChI is InChI=1S/C29H33F4N7O/c1-17(29(31,32)33)27-21-7-4-8-24(36-25-12-11-20(39(2)3)15-23(25)30)22(21)14-18(35-27)6-5-13-34-28(41)26-16-40(38-37-26)19-9-10-19/h4-8,14,16,19-20,23,25,36H,1,9-13,15H2,2-3H3,(H,34,41)/b6-5+/t20-,23+,25-/m1/s1. The molecule has 218 valence electrons. The average molecular weight is 572 g/mol. The van der Waals surface area contributed by atoms with E-state index in [1.54, 1.807) is 41.2 Å². The highest BCUT2D eigenvalue weighted by atomic mass is 19.4. The number of nitrogens with one attached hydrogen (secondary N) is 2. The molecule has 1 aromatic carbocycles. The van der Waals surface area contributed by atoms with Crippen molar-refractivity contribution in [3.63, 3.8) is 0 Å². The molecule has 5 rings (SSSR count). The predicted octanol–water partition coefficient (Wildman–Crippen LogP) is 5.41. The summed E-state index contributed by atoms with van der Waals surface area (Å²) in [5.41, 5.74) is -0.406. The van der Waals surface area contributed by atoms with E-state index in [4.69, 9.17) is 0 Å². The minimum absolute atomic E-state index is 0.100. The van der Waals surface area contributed by atoms with Gasteiger partial charge in [-0.1, -0.05) is 30.0 Å². The first-order chi connectivity index (χ1) is 19.5. The lowest BCUT2D eigenvalue weighted by Gasteiger charge is -2.36. The molecule has 0 bridgehead atoms. The number of anilines is 1. The monoisotopic (exact) mass is 571 g/mol. The van der Waals surface area contributed by atoms with Crippen LogP contribution in [0.15, 0.2) is 43.1 Å². The molecule has 2 fully saturated rings. The summed E-state index contributed by atoms with van der Waals surface area (Å²) in [6.45, 7) is 3.37. The van der Waals surface area contributed by atoms with E-state index in [1.807, 2.05) is 19.0 Å². The van der Waals surface area contributed by atoms with Crippen molar-refractivity contribution < 1.29 is 22.4 Å². The number of amides is 1. The van der Waals surface area contributed by atoms with Gasteiger partial charge in [0.15, 0.2) is 5.69 Å². The van der Waals surface area contributed by atoms with Crippen LogP contribution in [0.3, 0.4) is 0 Å². The maximum Gasteiger partial charge on any atom is 0.417 e. The number of benzene rings is 1. The predicted molar refractivity (Wildman–Crippen MR) is 150 cm³/mol. The van der Waals surface area contributed by atoms with E-state index < -0.39 is 29.9 Å². The van der Waals surface area contributed by atoms with E-state index in [-0.39, 0.29) is 35.1 Å². The third-order valence-electron chi connectivity index (χ3n) is 7.67. The van der Waals surface area contributed by atoms with Crippen LogP contribution in [0.5, 0.6) is 0 Å². The van der Waals surface area contributed by atoms with Gasteiger partial charge in [0.25, 0.3) is 5.91 Å². The number of aromatic nitrogens is 4. The average Bonchev–Trinajstić information content (AvgIpc) is 3.66. The van der Waals surface area contributed by atoms with Gasteiger partial charge >= 0.3 is 6.18 Å². The van der Waals surface area contributed by atoms with Crippen molar-refractivity contribution in [2.45, 2.75) is 62.6 Å². The molecule has 2 aliphatic carbocycles. The topological polar surface area (TPSA) is 88.0 Å². The highest BCUT2D eigenvalue weighted by molar-refractivity contribution is 6.01. The highest BCUT2D eigenvalue weighted by Crippen LogP contribution is 2.38. The van der Waals surface area contributed by atoms with E-state index in [9.17, 15) is 18.0 Å². The van der Waals surface area contributed by atoms with E-state index in [0.29, 0.717) is 30.0 Å². The number of pyridine rings is 1. The van der Waals surface area contributed by atoms with Crippen LogP contribution in [0, 0.1) is 0 Å². The highest BCUT2D eigenvalue weighted by Gasteiger charge is 2.36. The quantitative estimate of drug-likeness (QED) is 0.334. The zero-order valence-electron chi connectivity index (χ0n) is 23.0. The normalized spacial score (nSPS) is 21.5. The Labute approximate surface area is 235 Å². The number of fused-ring (bicyclic) bond motifs is 1. The molecule has 3 aromatic rings. The van der Waals surface area contributed by atoms with Crippen LogP contribution >= 0.6 is 0 Å². The molecule has 0 aliphatic heterocycles. The Balaban J connectivity index is 1.38. The second-order valence-electron chi connectivity index (χ2n) is 10.9. The second-order valence-corrected chi connectivity index (χ2v) is 10.9. The number of carbonyl (C=O) groups excluding carboxylic acids is 1. The van der Waals surface area contributed by atoms with Crippen molar-refractivity contribution in [1.29, 1.82) is 0 Å². The van der Waals surface area contributed by atoms with Crippen molar-refractivity contribution in [1.82, 2.24) is 30.2 Å². The van der Waals surface area contributed by atoms with Gasteiger partial charge < -0.3 is 15.5 Å². The third kappa shape index (κ3) is 6.58. The summed E-state index contributed by atoms with van der Waals surface area (Å²) in [6.07, 6.45) is 2.73. The molecule has 2 heterocycles. The first-order valence-corrected chi connectivity index (χ1v) is 13.6. The van der Waals surface area contributed by atoms with Gasteiger partial charge in [0.2, 0.25) is 0 Å². The molecular formula is C29H33F4N7O. The molecule has 0 radical (unpaired) electrons. The first kappa shape index (κ1) is 28.7. The Bertz CT molecular complexity index is 1460. The lowest BCUT2D eigenvalue weighted by atomic mass is 9.88. The fraction of sp³-hybridized carbons (Fsp3) is 0.448. The Hall–Kier alpha value is -3.80. The molecule has 3 atom stereocenters. The van der Waals surface area contributed by atoms with Crippen LogP contribution in [0.4, 0.5) is 23.2 Å². The molecule has 2 aliphatic rings. The maximum absolute atomic E-state index is 15.1. The molecule has 41 heavy (non-hydrogen) atoms. The van der Waals surface area contributed by atoms with Crippen molar-refractivity contribution in [3.8, 4) is 0 Å². The SMILES string of the molecule is C=C(c1nc(/C=C/CNC(=O)c2cn(C3CC3)nn2)cc2c(N[C@@H]3CC[C@@H](N(C)C)C[C@@H]3F)cccc12)C(F)(F)F. The van der Waals surface area contributed by atoms with Crippen LogP contribution in [-0.2, 0) is 0 Å². The number of hydrogen-bond acceptors (Lipinski definition) is 6. The Morgan fingerprint density at radius 1 is 1.20 bits per heavy atom. The molecule has 2 N–H and O–H groups in total. The third-order valence-corrected chi connectivity index (χ3v) is 7.67. The summed E-state index contributed by atoms with van der Waals surface area (Å²) in [4.78, 5) is 18.7. The fourth-order valence-corrected chi connectivity index (χ4v) is 5.12. The molecule has 12 heteroatoms. The second kappa shape index (κ2) is 11.6. The van der Waals surface area contributed by atoms with E-state index in [0.717, 1.165) is 19.3 Å². The van der Waals surface area contributed by atoms with Gasteiger partial charge in [-0.05, 0) is 64.4 Å². The zero-order chi connectivity index (χ0) is 29.3.